The van der Waals surface area contributed by atoms with Gasteiger partial charge in [-0.1, -0.05) is 96.2 Å². The number of ketones is 1. The SMILES string of the molecule is CC(C)c1cc2c3c(nccc3c1)-c1[c-]c3cccnc3cc1C2(C)C.CCC(CC)C(=O)/C=C(\O)C(CC)CC.[Ir]. The second kappa shape index (κ2) is 14.1. The summed E-state index contributed by atoms with van der Waals surface area (Å²) in [5.41, 5.74) is 7.05. The summed E-state index contributed by atoms with van der Waals surface area (Å²) in [5.74, 6) is 1.04. The van der Waals surface area contributed by atoms with Crippen LogP contribution in [0.5, 0.6) is 0 Å². The number of hydrogen-bond donors (Lipinski definition) is 1. The van der Waals surface area contributed by atoms with E-state index >= 15 is 0 Å². The first-order valence-corrected chi connectivity index (χ1v) is 15.3. The van der Waals surface area contributed by atoms with Crippen LogP contribution in [0, 0.1) is 17.9 Å². The largest absolute Gasteiger partial charge is 0.512 e. The van der Waals surface area contributed by atoms with Crippen LogP contribution in [-0.2, 0) is 30.3 Å². The summed E-state index contributed by atoms with van der Waals surface area (Å²) in [4.78, 5) is 21.0. The number of rotatable bonds is 8. The Bertz CT molecular complexity index is 1580. The maximum atomic E-state index is 11.7. The quantitative estimate of drug-likeness (QED) is 0.111. The molecule has 225 valence electrons. The molecule has 5 heteroatoms. The van der Waals surface area contributed by atoms with Gasteiger partial charge >= 0.3 is 0 Å². The number of carbonyl (C=O) groups is 1. The predicted octanol–water partition coefficient (Wildman–Crippen LogP) is 9.88. The van der Waals surface area contributed by atoms with Crippen molar-refractivity contribution in [3.05, 3.63) is 83.4 Å². The van der Waals surface area contributed by atoms with Crippen molar-refractivity contribution in [1.82, 2.24) is 9.97 Å². The molecule has 0 saturated heterocycles. The molecule has 0 atom stereocenters. The van der Waals surface area contributed by atoms with Crippen molar-refractivity contribution < 1.29 is 30.0 Å². The summed E-state index contributed by atoms with van der Waals surface area (Å²) >= 11 is 0. The van der Waals surface area contributed by atoms with Crippen LogP contribution < -0.4 is 0 Å². The van der Waals surface area contributed by atoms with E-state index in [1.54, 1.807) is 0 Å². The Labute approximate surface area is 265 Å². The molecule has 42 heavy (non-hydrogen) atoms. The average molecular weight is 742 g/mol. The molecule has 0 aliphatic heterocycles. The van der Waals surface area contributed by atoms with Crippen LogP contribution in [0.15, 0.2) is 60.6 Å². The van der Waals surface area contributed by atoms with Crippen molar-refractivity contribution in [3.8, 4) is 11.3 Å². The molecule has 0 fully saturated rings. The molecule has 2 heterocycles. The molecule has 0 bridgehead atoms. The zero-order chi connectivity index (χ0) is 29.9. The van der Waals surface area contributed by atoms with E-state index in [1.165, 1.54) is 33.5 Å². The molecule has 0 amide bonds. The zero-order valence-electron chi connectivity index (χ0n) is 26.3. The molecule has 1 radical (unpaired) electrons. The van der Waals surface area contributed by atoms with E-state index in [0.717, 1.165) is 47.8 Å². The molecule has 1 N–H and O–H groups in total. The fraction of sp³-hybridized carbons (Fsp3) is 0.432. The van der Waals surface area contributed by atoms with Crippen LogP contribution in [0.25, 0.3) is 32.9 Å². The summed E-state index contributed by atoms with van der Waals surface area (Å²) in [5, 5.41) is 13.3. The van der Waals surface area contributed by atoms with Gasteiger partial charge in [0.25, 0.3) is 0 Å². The average Bonchev–Trinajstić information content (AvgIpc) is 2.96. The number of aliphatic hydroxyl groups excluding tert-OH is 1. The van der Waals surface area contributed by atoms with Gasteiger partial charge in [-0.2, -0.15) is 0 Å². The minimum atomic E-state index is -0.114. The van der Waals surface area contributed by atoms with Crippen LogP contribution in [-0.4, -0.2) is 20.9 Å². The summed E-state index contributed by atoms with van der Waals surface area (Å²) in [6, 6.07) is 16.7. The van der Waals surface area contributed by atoms with Gasteiger partial charge in [-0.15, -0.1) is 12.1 Å². The van der Waals surface area contributed by atoms with Gasteiger partial charge in [0.05, 0.1) is 5.76 Å². The van der Waals surface area contributed by atoms with Gasteiger partial charge in [0.1, 0.15) is 0 Å². The van der Waals surface area contributed by atoms with E-state index in [2.05, 4.69) is 69.1 Å². The summed E-state index contributed by atoms with van der Waals surface area (Å²) in [7, 11) is 0. The van der Waals surface area contributed by atoms with Crippen molar-refractivity contribution in [2.75, 3.05) is 0 Å². The van der Waals surface area contributed by atoms with Crippen molar-refractivity contribution in [1.29, 1.82) is 0 Å². The third-order valence-corrected chi connectivity index (χ3v) is 8.87. The van der Waals surface area contributed by atoms with Crippen LogP contribution in [0.4, 0.5) is 0 Å². The molecule has 4 aromatic rings. The van der Waals surface area contributed by atoms with E-state index in [9.17, 15) is 9.90 Å². The smallest absolute Gasteiger partial charge is 0.162 e. The molecule has 2 aromatic carbocycles. The summed E-state index contributed by atoms with van der Waals surface area (Å²) < 4.78 is 0. The number of nitrogens with zero attached hydrogens (tertiary/aromatic N) is 2. The summed E-state index contributed by atoms with van der Waals surface area (Å²) in [6.07, 6.45) is 8.68. The van der Waals surface area contributed by atoms with Gasteiger partial charge < -0.3 is 5.11 Å². The van der Waals surface area contributed by atoms with E-state index in [4.69, 9.17) is 4.98 Å². The van der Waals surface area contributed by atoms with Crippen LogP contribution >= 0.6 is 0 Å². The van der Waals surface area contributed by atoms with E-state index in [1.807, 2.05) is 46.2 Å². The summed E-state index contributed by atoms with van der Waals surface area (Å²) in [6.45, 7) is 17.2. The predicted molar refractivity (Wildman–Crippen MR) is 171 cm³/mol. The van der Waals surface area contributed by atoms with E-state index < -0.39 is 0 Å². The van der Waals surface area contributed by atoms with Gasteiger partial charge in [-0.25, -0.2) is 0 Å². The molecule has 0 unspecified atom stereocenters. The molecule has 0 spiro atoms. The molecular weight excluding hydrogens is 697 g/mol. The van der Waals surface area contributed by atoms with Crippen LogP contribution in [0.1, 0.15) is 104 Å². The number of allylic oxidation sites excluding steroid dienone is 2. The monoisotopic (exact) mass is 742 g/mol. The number of benzene rings is 2. The van der Waals surface area contributed by atoms with Gasteiger partial charge in [0, 0.05) is 56.1 Å². The van der Waals surface area contributed by atoms with Crippen molar-refractivity contribution in [2.24, 2.45) is 11.8 Å². The van der Waals surface area contributed by atoms with Gasteiger partial charge in [-0.3, -0.25) is 14.8 Å². The fourth-order valence-electron chi connectivity index (χ4n) is 6.01. The third kappa shape index (κ3) is 6.53. The maximum Gasteiger partial charge on any atom is 0.162 e. The van der Waals surface area contributed by atoms with Crippen LogP contribution in [0.3, 0.4) is 0 Å². The number of fused-ring (bicyclic) bond motifs is 3. The Morgan fingerprint density at radius 3 is 2.21 bits per heavy atom. The second-order valence-corrected chi connectivity index (χ2v) is 12.1. The number of hydrogen-bond acceptors (Lipinski definition) is 4. The molecule has 4 nitrogen and oxygen atoms in total. The van der Waals surface area contributed by atoms with Gasteiger partial charge in [0.15, 0.2) is 5.78 Å². The second-order valence-electron chi connectivity index (χ2n) is 12.1. The molecule has 1 aliphatic carbocycles. The minimum absolute atomic E-state index is 0. The first-order valence-electron chi connectivity index (χ1n) is 15.3. The molecule has 5 rings (SSSR count). The van der Waals surface area contributed by atoms with Gasteiger partial charge in [0.2, 0.25) is 0 Å². The molecular formula is C37H45IrN2O2-. The molecule has 1 aliphatic rings. The van der Waals surface area contributed by atoms with Crippen molar-refractivity contribution >= 4 is 27.5 Å². The zero-order valence-corrected chi connectivity index (χ0v) is 28.7. The number of aromatic nitrogens is 2. The molecule has 2 aromatic heterocycles. The van der Waals surface area contributed by atoms with Crippen LogP contribution in [0.2, 0.25) is 0 Å². The topological polar surface area (TPSA) is 63.1 Å². The Morgan fingerprint density at radius 1 is 0.929 bits per heavy atom. The fourth-order valence-corrected chi connectivity index (χ4v) is 6.01. The van der Waals surface area contributed by atoms with E-state index in [0.29, 0.717) is 5.92 Å². The minimum Gasteiger partial charge on any atom is -0.512 e. The number of carbonyl (C=O) groups excluding carboxylic acids is 1. The van der Waals surface area contributed by atoms with Crippen molar-refractivity contribution in [2.45, 2.75) is 92.4 Å². The molecule has 0 saturated carbocycles. The first-order chi connectivity index (χ1) is 19.6. The number of pyridine rings is 2. The van der Waals surface area contributed by atoms with Gasteiger partial charge in [-0.05, 0) is 70.5 Å². The third-order valence-electron chi connectivity index (χ3n) is 8.87. The van der Waals surface area contributed by atoms with Crippen molar-refractivity contribution in [3.63, 3.8) is 0 Å². The Morgan fingerprint density at radius 2 is 1.60 bits per heavy atom. The van der Waals surface area contributed by atoms with E-state index in [-0.39, 0.29) is 48.9 Å². The Kier molecular flexibility index (Phi) is 11.3. The maximum absolute atomic E-state index is 11.7. The Hall–Kier alpha value is -2.88. The standard InChI is InChI=1S/C24H21N2.C13H24O2.Ir/c1-14(2)17-10-16-7-9-26-23-18-11-15-6-5-8-25-21(15)13-19(18)24(3,4)20(12-17)22(16)23;1-5-10(6-2)12(14)9-13(15)11(7-3)8-4;/h5-10,12-14H,1-4H3;9-11,14H,5-8H2,1-4H3;/q-1;;/b;12-9-;. The number of aliphatic hydroxyl groups is 1. The normalized spacial score (nSPS) is 13.6. The first kappa shape index (κ1) is 33.6. The Balaban J connectivity index is 0.000000263.